The number of sulfonamides is 1. The van der Waals surface area contributed by atoms with Crippen molar-refractivity contribution in [2.45, 2.75) is 31.1 Å². The summed E-state index contributed by atoms with van der Waals surface area (Å²) < 4.78 is 27.4. The largest absolute Gasteiger partial charge is 0.273 e. The van der Waals surface area contributed by atoms with E-state index in [1.54, 1.807) is 0 Å². The zero-order valence-electron chi connectivity index (χ0n) is 14.7. The van der Waals surface area contributed by atoms with Gasteiger partial charge in [-0.05, 0) is 43.7 Å². The molecule has 1 aliphatic heterocycles. The third-order valence-electron chi connectivity index (χ3n) is 5.01. The van der Waals surface area contributed by atoms with Gasteiger partial charge >= 0.3 is 0 Å². The van der Waals surface area contributed by atoms with E-state index in [1.165, 1.54) is 35.0 Å². The molecule has 1 aliphatic rings. The Kier molecular flexibility index (Phi) is 5.38. The molecule has 6 nitrogen and oxygen atoms in total. The second-order valence-corrected chi connectivity index (χ2v) is 8.60. The van der Waals surface area contributed by atoms with E-state index in [2.05, 4.69) is 12.1 Å². The average molecular weight is 374 g/mol. The first-order valence-corrected chi connectivity index (χ1v) is 10.1. The number of nitro groups is 1. The number of nitro benzene ring substituents is 1. The van der Waals surface area contributed by atoms with Crippen molar-refractivity contribution in [3.8, 4) is 0 Å². The van der Waals surface area contributed by atoms with Crippen LogP contribution in [-0.4, -0.2) is 30.7 Å². The molecule has 0 bridgehead atoms. The topological polar surface area (TPSA) is 80.5 Å². The average Bonchev–Trinajstić information content (AvgIpc) is 2.63. The van der Waals surface area contributed by atoms with E-state index in [-0.39, 0.29) is 16.1 Å². The number of hydrogen-bond acceptors (Lipinski definition) is 4. The fraction of sp³-hybridized carbons (Fsp3) is 0.368. The quantitative estimate of drug-likeness (QED) is 0.592. The molecule has 1 heterocycles. The zero-order valence-corrected chi connectivity index (χ0v) is 15.5. The molecule has 2 aromatic rings. The lowest BCUT2D eigenvalue weighted by molar-refractivity contribution is -0.385. The van der Waals surface area contributed by atoms with E-state index < -0.39 is 14.9 Å². The molecule has 3 rings (SSSR count). The fourth-order valence-electron chi connectivity index (χ4n) is 3.52. The number of benzene rings is 2. The highest BCUT2D eigenvalue weighted by molar-refractivity contribution is 7.89. The molecule has 0 aliphatic carbocycles. The molecule has 0 aromatic heterocycles. The van der Waals surface area contributed by atoms with E-state index in [4.69, 9.17) is 0 Å². The minimum Gasteiger partial charge on any atom is -0.258 e. The number of piperidine rings is 1. The van der Waals surface area contributed by atoms with Crippen LogP contribution < -0.4 is 0 Å². The Hall–Kier alpha value is -2.25. The molecule has 0 saturated carbocycles. The van der Waals surface area contributed by atoms with Crippen molar-refractivity contribution >= 4 is 15.7 Å². The van der Waals surface area contributed by atoms with Gasteiger partial charge in [0.05, 0.1) is 9.82 Å². The van der Waals surface area contributed by atoms with Gasteiger partial charge in [0.25, 0.3) is 5.69 Å². The molecule has 1 fully saturated rings. The zero-order chi connectivity index (χ0) is 18.7. The Bertz CT molecular complexity index is 889. The van der Waals surface area contributed by atoms with Crippen LogP contribution in [0.4, 0.5) is 5.69 Å². The highest BCUT2D eigenvalue weighted by Gasteiger charge is 2.32. The van der Waals surface area contributed by atoms with Crippen molar-refractivity contribution in [3.63, 3.8) is 0 Å². The Labute approximate surface area is 153 Å². The second kappa shape index (κ2) is 7.55. The standard InChI is InChI=1S/C19H22N2O4S/c1-15-18(21(22)23)8-5-9-19(15)26(24,25)20-12-10-17(11-13-20)14-16-6-3-2-4-7-16/h2-9,17H,10-14H2,1H3. The highest BCUT2D eigenvalue weighted by Crippen LogP contribution is 2.30. The Morgan fingerprint density at radius 3 is 2.35 bits per heavy atom. The van der Waals surface area contributed by atoms with Gasteiger partial charge < -0.3 is 0 Å². The molecule has 0 N–H and O–H groups in total. The summed E-state index contributed by atoms with van der Waals surface area (Å²) in [5.41, 5.74) is 1.30. The first kappa shape index (κ1) is 18.5. The molecule has 0 radical (unpaired) electrons. The van der Waals surface area contributed by atoms with Crippen LogP contribution in [-0.2, 0) is 16.4 Å². The van der Waals surface area contributed by atoms with Gasteiger partial charge in [0.15, 0.2) is 0 Å². The van der Waals surface area contributed by atoms with Crippen LogP contribution in [0.2, 0.25) is 0 Å². The summed E-state index contributed by atoms with van der Waals surface area (Å²) in [6.45, 7) is 2.39. The summed E-state index contributed by atoms with van der Waals surface area (Å²) in [5, 5.41) is 11.1. The van der Waals surface area contributed by atoms with Crippen molar-refractivity contribution in [1.29, 1.82) is 0 Å². The van der Waals surface area contributed by atoms with E-state index in [9.17, 15) is 18.5 Å². The molecular weight excluding hydrogens is 352 g/mol. The predicted molar refractivity (Wildman–Crippen MR) is 99.5 cm³/mol. The van der Waals surface area contributed by atoms with Crippen LogP contribution in [0.5, 0.6) is 0 Å². The van der Waals surface area contributed by atoms with Crippen LogP contribution in [0.1, 0.15) is 24.0 Å². The monoisotopic (exact) mass is 374 g/mol. The smallest absolute Gasteiger partial charge is 0.258 e. The van der Waals surface area contributed by atoms with Crippen LogP contribution in [0.3, 0.4) is 0 Å². The number of rotatable bonds is 5. The van der Waals surface area contributed by atoms with Gasteiger partial charge in [0.1, 0.15) is 0 Å². The maximum atomic E-state index is 13.0. The third kappa shape index (κ3) is 3.78. The summed E-state index contributed by atoms with van der Waals surface area (Å²) in [7, 11) is -3.72. The van der Waals surface area contributed by atoms with E-state index in [1.807, 2.05) is 18.2 Å². The molecule has 2 aromatic carbocycles. The normalized spacial score (nSPS) is 16.5. The van der Waals surface area contributed by atoms with Gasteiger partial charge in [-0.3, -0.25) is 10.1 Å². The lowest BCUT2D eigenvalue weighted by Crippen LogP contribution is -2.39. The van der Waals surface area contributed by atoms with Gasteiger partial charge in [0, 0.05) is 24.7 Å². The summed E-state index contributed by atoms with van der Waals surface area (Å²) in [6, 6.07) is 14.4. The number of nitrogens with zero attached hydrogens (tertiary/aromatic N) is 2. The molecule has 0 amide bonds. The van der Waals surface area contributed by atoms with Gasteiger partial charge in [-0.25, -0.2) is 8.42 Å². The molecule has 0 atom stereocenters. The molecule has 26 heavy (non-hydrogen) atoms. The van der Waals surface area contributed by atoms with E-state index in [0.717, 1.165) is 19.3 Å². The maximum Gasteiger partial charge on any atom is 0.273 e. The van der Waals surface area contributed by atoms with Gasteiger partial charge in [-0.15, -0.1) is 0 Å². The Balaban J connectivity index is 1.72. The van der Waals surface area contributed by atoms with Crippen molar-refractivity contribution in [2.75, 3.05) is 13.1 Å². The predicted octanol–water partition coefficient (Wildman–Crippen LogP) is 3.55. The third-order valence-corrected chi connectivity index (χ3v) is 7.05. The summed E-state index contributed by atoms with van der Waals surface area (Å²) in [6.07, 6.45) is 2.54. The van der Waals surface area contributed by atoms with Crippen LogP contribution in [0.15, 0.2) is 53.4 Å². The second-order valence-electron chi connectivity index (χ2n) is 6.69. The maximum absolute atomic E-state index is 13.0. The molecular formula is C19H22N2O4S. The summed E-state index contributed by atoms with van der Waals surface area (Å²) in [4.78, 5) is 10.6. The first-order valence-electron chi connectivity index (χ1n) is 8.67. The minimum atomic E-state index is -3.72. The lowest BCUT2D eigenvalue weighted by atomic mass is 9.91. The summed E-state index contributed by atoms with van der Waals surface area (Å²) >= 11 is 0. The minimum absolute atomic E-state index is 0.0354. The fourth-order valence-corrected chi connectivity index (χ4v) is 5.23. The molecule has 138 valence electrons. The first-order chi connectivity index (χ1) is 12.4. The van der Waals surface area contributed by atoms with Crippen LogP contribution >= 0.6 is 0 Å². The Morgan fingerprint density at radius 2 is 1.73 bits per heavy atom. The SMILES string of the molecule is Cc1c([N+](=O)[O-])cccc1S(=O)(=O)N1CCC(Cc2ccccc2)CC1. The van der Waals surface area contributed by atoms with Crippen LogP contribution in [0, 0.1) is 23.0 Å². The van der Waals surface area contributed by atoms with Crippen molar-refractivity contribution < 1.29 is 13.3 Å². The van der Waals surface area contributed by atoms with E-state index >= 15 is 0 Å². The number of hydrogen-bond donors (Lipinski definition) is 0. The lowest BCUT2D eigenvalue weighted by Gasteiger charge is -2.31. The van der Waals surface area contributed by atoms with Crippen molar-refractivity contribution in [2.24, 2.45) is 5.92 Å². The van der Waals surface area contributed by atoms with Crippen LogP contribution in [0.25, 0.3) is 0 Å². The van der Waals surface area contributed by atoms with Gasteiger partial charge in [-0.2, -0.15) is 4.31 Å². The van der Waals surface area contributed by atoms with Crippen molar-refractivity contribution in [3.05, 3.63) is 69.8 Å². The van der Waals surface area contributed by atoms with Gasteiger partial charge in [-0.1, -0.05) is 36.4 Å². The van der Waals surface area contributed by atoms with E-state index in [0.29, 0.717) is 19.0 Å². The summed E-state index contributed by atoms with van der Waals surface area (Å²) in [5.74, 6) is 0.454. The highest BCUT2D eigenvalue weighted by atomic mass is 32.2. The molecule has 7 heteroatoms. The van der Waals surface area contributed by atoms with Crippen molar-refractivity contribution in [1.82, 2.24) is 4.31 Å². The molecule has 1 saturated heterocycles. The molecule has 0 unspecified atom stereocenters. The van der Waals surface area contributed by atoms with Gasteiger partial charge in [0.2, 0.25) is 10.0 Å². The molecule has 0 spiro atoms. The Morgan fingerprint density at radius 1 is 1.08 bits per heavy atom.